The standard InChI is InChI=1S/C10H12BrN3O2/c1-2-14(6-9(12)15)10(16)7-3-4-13-8(11)5-7/h3-5H,2,6H2,1H3,(H2,12,15). The zero-order valence-corrected chi connectivity index (χ0v) is 10.4. The molecule has 16 heavy (non-hydrogen) atoms. The number of carbonyl (C=O) groups is 2. The average Bonchev–Trinajstić information content (AvgIpc) is 2.24. The molecule has 2 amide bonds. The molecule has 0 bridgehead atoms. The summed E-state index contributed by atoms with van der Waals surface area (Å²) in [5, 5.41) is 0. The topological polar surface area (TPSA) is 76.3 Å². The van der Waals surface area contributed by atoms with Crippen LogP contribution in [0.25, 0.3) is 0 Å². The molecule has 1 heterocycles. The Labute approximate surface area is 102 Å². The first-order chi connectivity index (χ1) is 7.54. The monoisotopic (exact) mass is 285 g/mol. The van der Waals surface area contributed by atoms with Gasteiger partial charge in [0.05, 0.1) is 6.54 Å². The van der Waals surface area contributed by atoms with Gasteiger partial charge in [0.1, 0.15) is 4.60 Å². The van der Waals surface area contributed by atoms with E-state index in [0.717, 1.165) is 0 Å². The van der Waals surface area contributed by atoms with Crippen molar-refractivity contribution in [3.63, 3.8) is 0 Å². The van der Waals surface area contributed by atoms with Gasteiger partial charge in [-0.1, -0.05) is 0 Å². The van der Waals surface area contributed by atoms with Crippen molar-refractivity contribution in [2.24, 2.45) is 5.73 Å². The van der Waals surface area contributed by atoms with Crippen LogP contribution in [0.2, 0.25) is 0 Å². The Bertz CT molecular complexity index is 409. The third-order valence-corrected chi connectivity index (χ3v) is 2.42. The van der Waals surface area contributed by atoms with Crippen LogP contribution in [0.1, 0.15) is 17.3 Å². The Hall–Kier alpha value is -1.43. The molecule has 0 unspecified atom stereocenters. The quantitative estimate of drug-likeness (QED) is 0.831. The number of halogens is 1. The van der Waals surface area contributed by atoms with Crippen LogP contribution in [-0.2, 0) is 4.79 Å². The number of hydrogen-bond donors (Lipinski definition) is 1. The van der Waals surface area contributed by atoms with Gasteiger partial charge in [-0.25, -0.2) is 4.98 Å². The SMILES string of the molecule is CCN(CC(N)=O)C(=O)c1ccnc(Br)c1. The van der Waals surface area contributed by atoms with Gasteiger partial charge in [0, 0.05) is 18.3 Å². The number of nitrogens with two attached hydrogens (primary N) is 1. The van der Waals surface area contributed by atoms with Crippen LogP contribution in [0, 0.1) is 0 Å². The number of amides is 2. The lowest BCUT2D eigenvalue weighted by atomic mass is 10.2. The van der Waals surface area contributed by atoms with E-state index >= 15 is 0 Å². The van der Waals surface area contributed by atoms with Crippen molar-refractivity contribution in [2.45, 2.75) is 6.92 Å². The van der Waals surface area contributed by atoms with E-state index in [1.165, 1.54) is 11.1 Å². The lowest BCUT2D eigenvalue weighted by molar-refractivity contribution is -0.118. The van der Waals surface area contributed by atoms with Crippen LogP contribution < -0.4 is 5.73 Å². The van der Waals surface area contributed by atoms with E-state index in [9.17, 15) is 9.59 Å². The Kier molecular flexibility index (Phi) is 4.42. The second-order valence-corrected chi connectivity index (χ2v) is 3.97. The van der Waals surface area contributed by atoms with Gasteiger partial charge in [-0.05, 0) is 35.0 Å². The van der Waals surface area contributed by atoms with E-state index in [1.54, 1.807) is 19.1 Å². The number of hydrogen-bond acceptors (Lipinski definition) is 3. The van der Waals surface area contributed by atoms with Gasteiger partial charge < -0.3 is 10.6 Å². The van der Waals surface area contributed by atoms with Crippen LogP contribution in [0.5, 0.6) is 0 Å². The molecule has 0 aliphatic carbocycles. The third kappa shape index (κ3) is 3.30. The van der Waals surface area contributed by atoms with E-state index in [4.69, 9.17) is 5.73 Å². The number of aromatic nitrogens is 1. The second-order valence-electron chi connectivity index (χ2n) is 3.15. The predicted octanol–water partition coefficient (Wildman–Crippen LogP) is 0.791. The van der Waals surface area contributed by atoms with E-state index < -0.39 is 5.91 Å². The molecular weight excluding hydrogens is 274 g/mol. The fourth-order valence-corrected chi connectivity index (χ4v) is 1.60. The number of rotatable bonds is 4. The fourth-order valence-electron chi connectivity index (χ4n) is 1.23. The van der Waals surface area contributed by atoms with E-state index in [0.29, 0.717) is 16.7 Å². The van der Waals surface area contributed by atoms with Crippen molar-refractivity contribution in [3.05, 3.63) is 28.5 Å². The molecule has 0 aliphatic rings. The van der Waals surface area contributed by atoms with Crippen LogP contribution in [0.3, 0.4) is 0 Å². The lowest BCUT2D eigenvalue weighted by Crippen LogP contribution is -2.38. The third-order valence-electron chi connectivity index (χ3n) is 1.99. The summed E-state index contributed by atoms with van der Waals surface area (Å²) in [5.74, 6) is -0.757. The zero-order chi connectivity index (χ0) is 12.1. The molecule has 0 aromatic carbocycles. The molecular formula is C10H12BrN3O2. The molecule has 0 spiro atoms. The summed E-state index contributed by atoms with van der Waals surface area (Å²) in [6.07, 6.45) is 1.52. The first-order valence-corrected chi connectivity index (χ1v) is 5.53. The molecule has 0 aliphatic heterocycles. The molecule has 5 nitrogen and oxygen atoms in total. The molecule has 0 fully saturated rings. The van der Waals surface area contributed by atoms with Gasteiger partial charge >= 0.3 is 0 Å². The van der Waals surface area contributed by atoms with Crippen molar-refractivity contribution in [3.8, 4) is 0 Å². The number of pyridine rings is 1. The Morgan fingerprint density at radius 2 is 2.25 bits per heavy atom. The highest BCUT2D eigenvalue weighted by atomic mass is 79.9. The molecule has 0 saturated heterocycles. The summed E-state index contributed by atoms with van der Waals surface area (Å²) in [6, 6.07) is 3.20. The molecule has 1 aromatic rings. The summed E-state index contributed by atoms with van der Waals surface area (Å²) >= 11 is 3.18. The highest BCUT2D eigenvalue weighted by Gasteiger charge is 2.16. The van der Waals surface area contributed by atoms with Crippen molar-refractivity contribution in [1.29, 1.82) is 0 Å². The number of likely N-dealkylation sites (N-methyl/N-ethyl adjacent to an activating group) is 1. The summed E-state index contributed by atoms with van der Waals surface area (Å²) in [4.78, 5) is 28.0. The minimum atomic E-state index is -0.525. The zero-order valence-electron chi connectivity index (χ0n) is 8.81. The number of carbonyl (C=O) groups excluding carboxylic acids is 2. The molecule has 6 heteroatoms. The highest BCUT2D eigenvalue weighted by Crippen LogP contribution is 2.10. The summed E-state index contributed by atoms with van der Waals surface area (Å²) in [5.41, 5.74) is 5.54. The van der Waals surface area contributed by atoms with Gasteiger partial charge in [-0.15, -0.1) is 0 Å². The van der Waals surface area contributed by atoms with Crippen molar-refractivity contribution >= 4 is 27.7 Å². The minimum absolute atomic E-state index is 0.0741. The van der Waals surface area contributed by atoms with Crippen LogP contribution in [-0.4, -0.2) is 34.8 Å². The molecule has 1 rings (SSSR count). The molecule has 2 N–H and O–H groups in total. The maximum atomic E-state index is 11.9. The average molecular weight is 286 g/mol. The number of primary amides is 1. The van der Waals surface area contributed by atoms with Crippen molar-refractivity contribution in [1.82, 2.24) is 9.88 Å². The van der Waals surface area contributed by atoms with E-state index in [1.807, 2.05) is 0 Å². The van der Waals surface area contributed by atoms with Gasteiger partial charge in [0.25, 0.3) is 5.91 Å². The molecule has 1 aromatic heterocycles. The second kappa shape index (κ2) is 5.60. The normalized spacial score (nSPS) is 9.88. The lowest BCUT2D eigenvalue weighted by Gasteiger charge is -2.18. The smallest absolute Gasteiger partial charge is 0.254 e. The Balaban J connectivity index is 2.86. The first kappa shape index (κ1) is 12.6. The Morgan fingerprint density at radius 1 is 1.56 bits per heavy atom. The molecule has 0 atom stereocenters. The first-order valence-electron chi connectivity index (χ1n) is 4.73. The maximum Gasteiger partial charge on any atom is 0.254 e. The van der Waals surface area contributed by atoms with Gasteiger partial charge in [0.15, 0.2) is 0 Å². The summed E-state index contributed by atoms with van der Waals surface area (Å²) in [6.45, 7) is 2.15. The van der Waals surface area contributed by atoms with Crippen LogP contribution >= 0.6 is 15.9 Å². The van der Waals surface area contributed by atoms with Gasteiger partial charge in [-0.2, -0.15) is 0 Å². The maximum absolute atomic E-state index is 11.9. The van der Waals surface area contributed by atoms with Gasteiger partial charge in [-0.3, -0.25) is 9.59 Å². The highest BCUT2D eigenvalue weighted by molar-refractivity contribution is 9.10. The van der Waals surface area contributed by atoms with Crippen molar-refractivity contribution < 1.29 is 9.59 Å². The summed E-state index contributed by atoms with van der Waals surface area (Å²) in [7, 11) is 0. The van der Waals surface area contributed by atoms with E-state index in [-0.39, 0.29) is 12.5 Å². The van der Waals surface area contributed by atoms with E-state index in [2.05, 4.69) is 20.9 Å². The molecule has 0 radical (unpaired) electrons. The number of nitrogens with zero attached hydrogens (tertiary/aromatic N) is 2. The van der Waals surface area contributed by atoms with Crippen molar-refractivity contribution in [2.75, 3.05) is 13.1 Å². The largest absolute Gasteiger partial charge is 0.368 e. The summed E-state index contributed by atoms with van der Waals surface area (Å²) < 4.78 is 0.577. The predicted molar refractivity (Wildman–Crippen MR) is 62.7 cm³/mol. The molecule has 86 valence electrons. The van der Waals surface area contributed by atoms with Crippen LogP contribution in [0.15, 0.2) is 22.9 Å². The van der Waals surface area contributed by atoms with Gasteiger partial charge in [0.2, 0.25) is 5.91 Å². The minimum Gasteiger partial charge on any atom is -0.368 e. The van der Waals surface area contributed by atoms with Crippen LogP contribution in [0.4, 0.5) is 0 Å². The fraction of sp³-hybridized carbons (Fsp3) is 0.300. The molecule has 0 saturated carbocycles. The Morgan fingerprint density at radius 3 is 2.75 bits per heavy atom.